The van der Waals surface area contributed by atoms with E-state index in [0.717, 1.165) is 25.0 Å². The number of sulfonamides is 1. The van der Waals surface area contributed by atoms with E-state index in [1.54, 1.807) is 6.92 Å². The van der Waals surface area contributed by atoms with Gasteiger partial charge in [0.15, 0.2) is 0 Å². The fourth-order valence-electron chi connectivity index (χ4n) is 1.96. The van der Waals surface area contributed by atoms with E-state index in [9.17, 15) is 21.2 Å². The van der Waals surface area contributed by atoms with Gasteiger partial charge >= 0.3 is 0 Å². The quantitative estimate of drug-likeness (QED) is 0.767. The lowest BCUT2D eigenvalue weighted by Gasteiger charge is -2.20. The summed E-state index contributed by atoms with van der Waals surface area (Å²) in [5, 5.41) is 0. The van der Waals surface area contributed by atoms with Crippen LogP contribution in [0.4, 0.5) is 4.39 Å². The van der Waals surface area contributed by atoms with Crippen LogP contribution in [0.15, 0.2) is 28.0 Å². The van der Waals surface area contributed by atoms with Gasteiger partial charge in [-0.1, -0.05) is 6.92 Å². The molecule has 0 N–H and O–H groups in total. The first-order valence-corrected chi connectivity index (χ1v) is 9.69. The standard InChI is InChI=1S/C11H13ClFNO4S2/c1-2-14(8-3-4-8)20(17,18)11-6-5-9(7-10(11)13)19(12,15)16/h5-8H,2-4H2,1H3. The van der Waals surface area contributed by atoms with Crippen LogP contribution in [-0.4, -0.2) is 33.7 Å². The van der Waals surface area contributed by atoms with Crippen molar-refractivity contribution in [3.8, 4) is 0 Å². The molecule has 2 rings (SSSR count). The molecule has 1 fully saturated rings. The lowest BCUT2D eigenvalue weighted by molar-refractivity contribution is 0.416. The average molecular weight is 342 g/mol. The largest absolute Gasteiger partial charge is 0.261 e. The molecule has 20 heavy (non-hydrogen) atoms. The zero-order chi connectivity index (χ0) is 15.1. The number of rotatable bonds is 5. The van der Waals surface area contributed by atoms with Gasteiger partial charge in [-0.25, -0.2) is 21.2 Å². The predicted octanol–water partition coefficient (Wildman–Crippen LogP) is 1.93. The summed E-state index contributed by atoms with van der Waals surface area (Å²) in [6, 6.07) is 2.45. The average Bonchev–Trinajstić information content (AvgIpc) is 3.12. The SMILES string of the molecule is CCN(C1CC1)S(=O)(=O)c1ccc(S(=O)(=O)Cl)cc1F. The van der Waals surface area contributed by atoms with E-state index in [-0.39, 0.29) is 12.6 Å². The molecule has 1 saturated carbocycles. The molecular formula is C11H13ClFNO4S2. The van der Waals surface area contributed by atoms with E-state index in [4.69, 9.17) is 10.7 Å². The highest BCUT2D eigenvalue weighted by Gasteiger charge is 2.38. The third-order valence-electron chi connectivity index (χ3n) is 3.04. The van der Waals surface area contributed by atoms with Gasteiger partial charge in [-0.15, -0.1) is 0 Å². The van der Waals surface area contributed by atoms with Gasteiger partial charge in [0.05, 0.1) is 4.90 Å². The van der Waals surface area contributed by atoms with Crippen LogP contribution in [-0.2, 0) is 19.1 Å². The van der Waals surface area contributed by atoms with E-state index in [2.05, 4.69) is 0 Å². The molecule has 0 radical (unpaired) electrons. The van der Waals surface area contributed by atoms with Crippen LogP contribution in [0.2, 0.25) is 0 Å². The maximum Gasteiger partial charge on any atom is 0.261 e. The van der Waals surface area contributed by atoms with Crippen molar-refractivity contribution in [3.05, 3.63) is 24.0 Å². The van der Waals surface area contributed by atoms with Gasteiger partial charge in [0, 0.05) is 23.3 Å². The van der Waals surface area contributed by atoms with E-state index in [1.807, 2.05) is 0 Å². The first-order chi connectivity index (χ1) is 9.17. The van der Waals surface area contributed by atoms with E-state index >= 15 is 0 Å². The summed E-state index contributed by atoms with van der Waals surface area (Å²) in [7, 11) is -2.96. The number of hydrogen-bond acceptors (Lipinski definition) is 4. The topological polar surface area (TPSA) is 71.5 Å². The highest BCUT2D eigenvalue weighted by atomic mass is 35.7. The monoisotopic (exact) mass is 341 g/mol. The third kappa shape index (κ3) is 2.98. The fraction of sp³-hybridized carbons (Fsp3) is 0.455. The minimum atomic E-state index is -4.09. The Kier molecular flexibility index (Phi) is 4.12. The molecule has 5 nitrogen and oxygen atoms in total. The second kappa shape index (κ2) is 5.25. The first kappa shape index (κ1) is 15.7. The van der Waals surface area contributed by atoms with Gasteiger partial charge < -0.3 is 0 Å². The zero-order valence-electron chi connectivity index (χ0n) is 10.6. The van der Waals surface area contributed by atoms with Crippen LogP contribution < -0.4 is 0 Å². The van der Waals surface area contributed by atoms with Crippen molar-refractivity contribution in [1.82, 2.24) is 4.31 Å². The summed E-state index contributed by atoms with van der Waals surface area (Å²) in [4.78, 5) is -1.000. The molecule has 9 heteroatoms. The summed E-state index contributed by atoms with van der Waals surface area (Å²) in [6.45, 7) is 1.91. The van der Waals surface area contributed by atoms with Crippen molar-refractivity contribution in [1.29, 1.82) is 0 Å². The van der Waals surface area contributed by atoms with Crippen molar-refractivity contribution >= 4 is 29.8 Å². The maximum atomic E-state index is 13.9. The van der Waals surface area contributed by atoms with Crippen molar-refractivity contribution < 1.29 is 21.2 Å². The number of halogens is 2. The van der Waals surface area contributed by atoms with Crippen LogP contribution >= 0.6 is 10.7 Å². The predicted molar refractivity (Wildman–Crippen MR) is 72.0 cm³/mol. The van der Waals surface area contributed by atoms with Crippen LogP contribution in [0.1, 0.15) is 19.8 Å². The Morgan fingerprint density at radius 2 is 1.90 bits per heavy atom. The Morgan fingerprint density at radius 1 is 1.30 bits per heavy atom. The highest BCUT2D eigenvalue weighted by Crippen LogP contribution is 2.33. The van der Waals surface area contributed by atoms with E-state index in [1.165, 1.54) is 4.31 Å². The Morgan fingerprint density at radius 3 is 2.30 bits per heavy atom. The van der Waals surface area contributed by atoms with Gasteiger partial charge in [0.2, 0.25) is 10.0 Å². The molecule has 0 spiro atoms. The lowest BCUT2D eigenvalue weighted by Crippen LogP contribution is -2.33. The normalized spacial score (nSPS) is 16.6. The van der Waals surface area contributed by atoms with Crippen molar-refractivity contribution in [2.45, 2.75) is 35.6 Å². The summed E-state index contributed by atoms with van der Waals surface area (Å²) < 4.78 is 62.0. The smallest absolute Gasteiger partial charge is 0.207 e. The highest BCUT2D eigenvalue weighted by molar-refractivity contribution is 8.13. The molecule has 1 aromatic rings. The summed E-state index contributed by atoms with van der Waals surface area (Å²) in [6.07, 6.45) is 1.51. The number of benzene rings is 1. The minimum absolute atomic E-state index is 0.0964. The van der Waals surface area contributed by atoms with Crippen LogP contribution in [0.5, 0.6) is 0 Å². The van der Waals surface area contributed by atoms with Gasteiger partial charge in [0.25, 0.3) is 9.05 Å². The van der Waals surface area contributed by atoms with Crippen molar-refractivity contribution in [2.24, 2.45) is 0 Å². The summed E-state index contributed by atoms with van der Waals surface area (Å²) in [5.41, 5.74) is 0. The lowest BCUT2D eigenvalue weighted by atomic mass is 10.3. The Bertz CT molecular complexity index is 729. The molecule has 0 aromatic heterocycles. The number of hydrogen-bond donors (Lipinski definition) is 0. The molecule has 0 amide bonds. The summed E-state index contributed by atoms with van der Waals surface area (Å²) in [5.74, 6) is -1.12. The van der Waals surface area contributed by atoms with Gasteiger partial charge in [0.1, 0.15) is 10.7 Å². The van der Waals surface area contributed by atoms with Crippen molar-refractivity contribution in [2.75, 3.05) is 6.54 Å². The molecular weight excluding hydrogens is 329 g/mol. The summed E-state index contributed by atoms with van der Waals surface area (Å²) >= 11 is 0. The fourth-order valence-corrected chi connectivity index (χ4v) is 4.46. The Hall–Kier alpha value is -0.700. The molecule has 0 heterocycles. The molecule has 1 aromatic carbocycles. The molecule has 1 aliphatic rings. The van der Waals surface area contributed by atoms with Gasteiger partial charge in [-0.3, -0.25) is 0 Å². The molecule has 0 unspecified atom stereocenters. The zero-order valence-corrected chi connectivity index (χ0v) is 13.0. The van der Waals surface area contributed by atoms with E-state index in [0.29, 0.717) is 6.07 Å². The van der Waals surface area contributed by atoms with Crippen LogP contribution in [0.3, 0.4) is 0 Å². The van der Waals surface area contributed by atoms with Crippen LogP contribution in [0.25, 0.3) is 0 Å². The third-order valence-corrected chi connectivity index (χ3v) is 6.45. The Labute approximate surface area is 121 Å². The molecule has 1 aliphatic carbocycles. The Balaban J connectivity index is 2.47. The van der Waals surface area contributed by atoms with Crippen molar-refractivity contribution in [3.63, 3.8) is 0 Å². The minimum Gasteiger partial charge on any atom is -0.207 e. The first-order valence-electron chi connectivity index (χ1n) is 5.94. The second-order valence-corrected chi connectivity index (χ2v) is 8.89. The second-order valence-electron chi connectivity index (χ2n) is 4.47. The van der Waals surface area contributed by atoms with Gasteiger partial charge in [-0.05, 0) is 31.0 Å². The molecule has 0 saturated heterocycles. The maximum absolute atomic E-state index is 13.9. The molecule has 0 atom stereocenters. The molecule has 112 valence electrons. The molecule has 0 aliphatic heterocycles. The van der Waals surface area contributed by atoms with Gasteiger partial charge in [-0.2, -0.15) is 4.31 Å². The number of nitrogens with zero attached hydrogens (tertiary/aromatic N) is 1. The molecule has 0 bridgehead atoms. The van der Waals surface area contributed by atoms with E-state index < -0.39 is 34.7 Å². The van der Waals surface area contributed by atoms with Crippen LogP contribution in [0, 0.1) is 5.82 Å².